The Morgan fingerprint density at radius 1 is 1.08 bits per heavy atom. The summed E-state index contributed by atoms with van der Waals surface area (Å²) < 4.78 is 7.84. The van der Waals surface area contributed by atoms with Gasteiger partial charge in [0.2, 0.25) is 0 Å². The Morgan fingerprint density at radius 2 is 1.72 bits per heavy atom. The molecule has 3 heteroatoms. The number of nitrogens with zero attached hydrogens (tertiary/aromatic N) is 2. The normalized spacial score (nSPS) is 10.7. The van der Waals surface area contributed by atoms with Gasteiger partial charge in [-0.15, -0.1) is 0 Å². The van der Waals surface area contributed by atoms with E-state index in [9.17, 15) is 0 Å². The summed E-state index contributed by atoms with van der Waals surface area (Å²) in [5, 5.41) is 0. The van der Waals surface area contributed by atoms with Gasteiger partial charge in [0.25, 0.3) is 0 Å². The van der Waals surface area contributed by atoms with Crippen LogP contribution in [0.1, 0.15) is 23.6 Å². The van der Waals surface area contributed by atoms with E-state index in [1.54, 1.807) is 0 Å². The zero-order valence-electron chi connectivity index (χ0n) is 15.3. The molecule has 0 unspecified atom stereocenters. The standard InChI is InChI=1S/C22H24N2O/c1-15(2)14-25-20-8-6-19(7-9-20)22-23-10-11-24(22)21-17(4)12-16(3)13-18(21)5/h6-13H,1,14H2,2-5H3. The van der Waals surface area contributed by atoms with Gasteiger partial charge in [-0.3, -0.25) is 4.57 Å². The van der Waals surface area contributed by atoms with Crippen LogP contribution < -0.4 is 4.74 Å². The van der Waals surface area contributed by atoms with Crippen LogP contribution in [-0.2, 0) is 0 Å². The number of hydrogen-bond donors (Lipinski definition) is 0. The van der Waals surface area contributed by atoms with E-state index >= 15 is 0 Å². The third-order valence-corrected chi connectivity index (χ3v) is 4.11. The fourth-order valence-corrected chi connectivity index (χ4v) is 3.16. The van der Waals surface area contributed by atoms with Gasteiger partial charge in [0.1, 0.15) is 18.2 Å². The molecule has 0 saturated heterocycles. The van der Waals surface area contributed by atoms with Gasteiger partial charge in [0.15, 0.2) is 0 Å². The van der Waals surface area contributed by atoms with Gasteiger partial charge < -0.3 is 4.74 Å². The van der Waals surface area contributed by atoms with Gasteiger partial charge >= 0.3 is 0 Å². The van der Waals surface area contributed by atoms with E-state index in [1.807, 2.05) is 43.6 Å². The SMILES string of the molecule is C=C(C)COc1ccc(-c2nccn2-c2c(C)cc(C)cc2C)cc1. The molecule has 128 valence electrons. The molecule has 0 spiro atoms. The van der Waals surface area contributed by atoms with Crippen molar-refractivity contribution in [1.29, 1.82) is 0 Å². The molecule has 0 fully saturated rings. The smallest absolute Gasteiger partial charge is 0.144 e. The minimum atomic E-state index is 0.537. The summed E-state index contributed by atoms with van der Waals surface area (Å²) in [5.41, 5.74) is 7.04. The molecule has 0 atom stereocenters. The molecule has 0 aliphatic rings. The van der Waals surface area contributed by atoms with Crippen LogP contribution in [-0.4, -0.2) is 16.2 Å². The van der Waals surface area contributed by atoms with Crippen molar-refractivity contribution in [2.24, 2.45) is 0 Å². The summed E-state index contributed by atoms with van der Waals surface area (Å²) in [6.07, 6.45) is 3.87. The Bertz CT molecular complexity index is 881. The van der Waals surface area contributed by atoms with Gasteiger partial charge in [0.05, 0.1) is 5.69 Å². The highest BCUT2D eigenvalue weighted by Gasteiger charge is 2.12. The van der Waals surface area contributed by atoms with Crippen LogP contribution in [0.3, 0.4) is 0 Å². The van der Waals surface area contributed by atoms with Crippen molar-refractivity contribution in [3.63, 3.8) is 0 Å². The third-order valence-electron chi connectivity index (χ3n) is 4.11. The molecule has 0 aliphatic heterocycles. The second kappa shape index (κ2) is 6.98. The molecule has 1 heterocycles. The average molecular weight is 332 g/mol. The lowest BCUT2D eigenvalue weighted by atomic mass is 10.0. The molecule has 0 amide bonds. The second-order valence-electron chi connectivity index (χ2n) is 6.64. The van der Waals surface area contributed by atoms with E-state index in [0.717, 1.165) is 22.7 Å². The number of ether oxygens (including phenoxy) is 1. The quantitative estimate of drug-likeness (QED) is 0.583. The van der Waals surface area contributed by atoms with Gasteiger partial charge in [0, 0.05) is 18.0 Å². The lowest BCUT2D eigenvalue weighted by Gasteiger charge is -2.15. The zero-order chi connectivity index (χ0) is 18.0. The summed E-state index contributed by atoms with van der Waals surface area (Å²) in [7, 11) is 0. The molecule has 0 bridgehead atoms. The van der Waals surface area contributed by atoms with Crippen LogP contribution >= 0.6 is 0 Å². The highest BCUT2D eigenvalue weighted by molar-refractivity contribution is 5.62. The molecule has 3 nitrogen and oxygen atoms in total. The van der Waals surface area contributed by atoms with Crippen molar-refractivity contribution in [2.45, 2.75) is 27.7 Å². The first-order valence-corrected chi connectivity index (χ1v) is 8.45. The molecule has 3 aromatic rings. The predicted molar refractivity (Wildman–Crippen MR) is 104 cm³/mol. The summed E-state index contributed by atoms with van der Waals surface area (Å²) in [6, 6.07) is 12.5. The van der Waals surface area contributed by atoms with Crippen molar-refractivity contribution in [3.05, 3.63) is 77.6 Å². The first-order chi connectivity index (χ1) is 12.0. The highest BCUT2D eigenvalue weighted by atomic mass is 16.5. The van der Waals surface area contributed by atoms with Crippen LogP contribution in [0.25, 0.3) is 17.1 Å². The fraction of sp³-hybridized carbons (Fsp3) is 0.227. The molecular weight excluding hydrogens is 308 g/mol. The van der Waals surface area contributed by atoms with Gasteiger partial charge in [-0.2, -0.15) is 0 Å². The van der Waals surface area contributed by atoms with E-state index in [2.05, 4.69) is 49.0 Å². The molecule has 0 saturated carbocycles. The maximum absolute atomic E-state index is 5.68. The van der Waals surface area contributed by atoms with E-state index in [1.165, 1.54) is 22.4 Å². The Kier molecular flexibility index (Phi) is 4.75. The summed E-state index contributed by atoms with van der Waals surface area (Å²) in [6.45, 7) is 12.8. The Hall–Kier alpha value is -2.81. The minimum Gasteiger partial charge on any atom is -0.489 e. The topological polar surface area (TPSA) is 27.1 Å². The number of hydrogen-bond acceptors (Lipinski definition) is 2. The number of aryl methyl sites for hydroxylation is 3. The molecule has 2 aromatic carbocycles. The first-order valence-electron chi connectivity index (χ1n) is 8.45. The maximum atomic E-state index is 5.68. The Morgan fingerprint density at radius 3 is 2.32 bits per heavy atom. The summed E-state index contributed by atoms with van der Waals surface area (Å²) in [5.74, 6) is 1.77. The molecular formula is C22H24N2O. The number of imidazole rings is 1. The van der Waals surface area contributed by atoms with E-state index in [0.29, 0.717) is 6.61 Å². The summed E-state index contributed by atoms with van der Waals surface area (Å²) >= 11 is 0. The monoisotopic (exact) mass is 332 g/mol. The van der Waals surface area contributed by atoms with Crippen LogP contribution in [0, 0.1) is 20.8 Å². The first kappa shape index (κ1) is 17.0. The van der Waals surface area contributed by atoms with Crippen molar-refractivity contribution in [2.75, 3.05) is 6.61 Å². The van der Waals surface area contributed by atoms with E-state index in [4.69, 9.17) is 4.74 Å². The van der Waals surface area contributed by atoms with Gasteiger partial charge in [-0.25, -0.2) is 4.98 Å². The van der Waals surface area contributed by atoms with Crippen molar-refractivity contribution in [3.8, 4) is 22.8 Å². The van der Waals surface area contributed by atoms with Crippen molar-refractivity contribution in [1.82, 2.24) is 9.55 Å². The number of aromatic nitrogens is 2. The van der Waals surface area contributed by atoms with Crippen molar-refractivity contribution < 1.29 is 4.74 Å². The van der Waals surface area contributed by atoms with Crippen LogP contribution in [0.5, 0.6) is 5.75 Å². The molecule has 3 rings (SSSR count). The third kappa shape index (κ3) is 3.66. The molecule has 25 heavy (non-hydrogen) atoms. The largest absolute Gasteiger partial charge is 0.489 e. The second-order valence-corrected chi connectivity index (χ2v) is 6.64. The molecule has 0 N–H and O–H groups in total. The molecule has 1 aromatic heterocycles. The predicted octanol–water partition coefficient (Wildman–Crippen LogP) is 5.42. The van der Waals surface area contributed by atoms with E-state index < -0.39 is 0 Å². The van der Waals surface area contributed by atoms with Crippen molar-refractivity contribution >= 4 is 0 Å². The van der Waals surface area contributed by atoms with Gasteiger partial charge in [-0.1, -0.05) is 24.3 Å². The Balaban J connectivity index is 1.96. The summed E-state index contributed by atoms with van der Waals surface area (Å²) in [4.78, 5) is 4.58. The number of rotatable bonds is 5. The van der Waals surface area contributed by atoms with Crippen LogP contribution in [0.4, 0.5) is 0 Å². The maximum Gasteiger partial charge on any atom is 0.144 e. The average Bonchev–Trinajstić information content (AvgIpc) is 3.01. The number of benzene rings is 2. The zero-order valence-corrected chi connectivity index (χ0v) is 15.3. The molecule has 0 radical (unpaired) electrons. The lowest BCUT2D eigenvalue weighted by Crippen LogP contribution is -2.02. The van der Waals surface area contributed by atoms with Crippen LogP contribution in [0.15, 0.2) is 60.9 Å². The fourth-order valence-electron chi connectivity index (χ4n) is 3.16. The minimum absolute atomic E-state index is 0.537. The lowest BCUT2D eigenvalue weighted by molar-refractivity contribution is 0.353. The Labute approximate surface area is 149 Å². The highest BCUT2D eigenvalue weighted by Crippen LogP contribution is 2.28. The van der Waals surface area contributed by atoms with E-state index in [-0.39, 0.29) is 0 Å². The van der Waals surface area contributed by atoms with Gasteiger partial charge in [-0.05, 0) is 68.7 Å². The van der Waals surface area contributed by atoms with Crippen LogP contribution in [0.2, 0.25) is 0 Å². The molecule has 0 aliphatic carbocycles.